The first-order chi connectivity index (χ1) is 15.1. The molecular weight excluding hydrogens is 417 g/mol. The van der Waals surface area contributed by atoms with Crippen molar-refractivity contribution in [3.05, 3.63) is 95.1 Å². The number of benzene rings is 3. The van der Waals surface area contributed by atoms with Gasteiger partial charge >= 0.3 is 6.18 Å². The van der Waals surface area contributed by atoms with Crippen LogP contribution in [0.2, 0.25) is 0 Å². The summed E-state index contributed by atoms with van der Waals surface area (Å²) < 4.78 is 39.4. The molecule has 2 amide bonds. The Morgan fingerprint density at radius 3 is 2.25 bits per heavy atom. The van der Waals surface area contributed by atoms with E-state index in [4.69, 9.17) is 0 Å². The van der Waals surface area contributed by atoms with Gasteiger partial charge in [0.2, 0.25) is 5.91 Å². The largest absolute Gasteiger partial charge is 0.416 e. The van der Waals surface area contributed by atoms with Gasteiger partial charge in [-0.2, -0.15) is 13.2 Å². The Hall–Kier alpha value is -3.61. The molecule has 0 saturated carbocycles. The SMILES string of the molecule is CC(C)(C(=O)Nc1cccc2c1C(=O)N(c1cccc(C(F)(F)F)c1)C2)c1ccccc1. The number of carbonyl (C=O) groups is 2. The van der Waals surface area contributed by atoms with Gasteiger partial charge in [-0.05, 0) is 49.2 Å². The number of alkyl halides is 3. The summed E-state index contributed by atoms with van der Waals surface area (Å²) in [5, 5.41) is 2.85. The van der Waals surface area contributed by atoms with E-state index in [0.29, 0.717) is 16.8 Å². The summed E-state index contributed by atoms with van der Waals surface area (Å²) >= 11 is 0. The van der Waals surface area contributed by atoms with Crippen LogP contribution in [-0.4, -0.2) is 11.8 Å². The van der Waals surface area contributed by atoms with Crippen LogP contribution in [0, 0.1) is 0 Å². The number of fused-ring (bicyclic) bond motifs is 1. The fourth-order valence-electron chi connectivity index (χ4n) is 3.79. The molecule has 0 saturated heterocycles. The average molecular weight is 438 g/mol. The summed E-state index contributed by atoms with van der Waals surface area (Å²) in [7, 11) is 0. The first kappa shape index (κ1) is 21.6. The summed E-state index contributed by atoms with van der Waals surface area (Å²) in [4.78, 5) is 27.5. The Morgan fingerprint density at radius 2 is 1.56 bits per heavy atom. The van der Waals surface area contributed by atoms with Crippen LogP contribution in [0.5, 0.6) is 0 Å². The molecule has 1 aliphatic heterocycles. The van der Waals surface area contributed by atoms with Gasteiger partial charge in [0.15, 0.2) is 0 Å². The predicted octanol–water partition coefficient (Wildman–Crippen LogP) is 5.78. The van der Waals surface area contributed by atoms with E-state index >= 15 is 0 Å². The van der Waals surface area contributed by atoms with Crippen LogP contribution in [0.25, 0.3) is 0 Å². The number of anilines is 2. The smallest absolute Gasteiger partial charge is 0.325 e. The molecule has 0 aliphatic carbocycles. The molecule has 0 fully saturated rings. The highest BCUT2D eigenvalue weighted by molar-refractivity contribution is 6.15. The highest BCUT2D eigenvalue weighted by Crippen LogP contribution is 2.37. The number of amides is 2. The number of halogens is 3. The van der Waals surface area contributed by atoms with Gasteiger partial charge in [-0.15, -0.1) is 0 Å². The van der Waals surface area contributed by atoms with E-state index in [2.05, 4.69) is 5.32 Å². The number of nitrogens with zero attached hydrogens (tertiary/aromatic N) is 1. The Kier molecular flexibility index (Phi) is 5.28. The minimum absolute atomic E-state index is 0.126. The Balaban J connectivity index is 1.63. The summed E-state index contributed by atoms with van der Waals surface area (Å²) in [6.45, 7) is 3.70. The van der Waals surface area contributed by atoms with Crippen molar-refractivity contribution in [1.29, 1.82) is 0 Å². The maximum absolute atomic E-state index is 13.2. The number of nitrogens with one attached hydrogen (secondary N) is 1. The monoisotopic (exact) mass is 438 g/mol. The molecule has 4 rings (SSSR count). The fourth-order valence-corrected chi connectivity index (χ4v) is 3.79. The fraction of sp³-hybridized carbons (Fsp3) is 0.200. The van der Waals surface area contributed by atoms with Crippen molar-refractivity contribution in [1.82, 2.24) is 0 Å². The molecule has 1 N–H and O–H groups in total. The van der Waals surface area contributed by atoms with E-state index < -0.39 is 23.1 Å². The molecule has 0 spiro atoms. The molecule has 3 aromatic carbocycles. The lowest BCUT2D eigenvalue weighted by Crippen LogP contribution is -2.35. The maximum atomic E-state index is 13.2. The quantitative estimate of drug-likeness (QED) is 0.561. The van der Waals surface area contributed by atoms with E-state index in [1.165, 1.54) is 17.0 Å². The van der Waals surface area contributed by atoms with Gasteiger partial charge in [-0.1, -0.05) is 48.5 Å². The summed E-state index contributed by atoms with van der Waals surface area (Å²) in [6, 6.07) is 19.0. The maximum Gasteiger partial charge on any atom is 0.416 e. The first-order valence-electron chi connectivity index (χ1n) is 10.1. The molecule has 1 aliphatic rings. The minimum atomic E-state index is -4.51. The molecule has 0 unspecified atom stereocenters. The van der Waals surface area contributed by atoms with Gasteiger partial charge in [0, 0.05) is 5.69 Å². The molecule has 3 aromatic rings. The van der Waals surface area contributed by atoms with Crippen molar-refractivity contribution < 1.29 is 22.8 Å². The minimum Gasteiger partial charge on any atom is -0.325 e. The second-order valence-corrected chi connectivity index (χ2v) is 8.22. The van der Waals surface area contributed by atoms with Crippen molar-refractivity contribution in [2.75, 3.05) is 10.2 Å². The Labute approximate surface area is 183 Å². The zero-order chi connectivity index (χ0) is 23.1. The third kappa shape index (κ3) is 3.86. The standard InChI is InChI=1S/C25H21F3N2O2/c1-24(2,17-9-4-3-5-10-17)23(32)29-20-13-6-8-16-15-30(22(31)21(16)20)19-12-7-11-18(14-19)25(26,27)28/h3-14H,15H2,1-2H3,(H,29,32). The third-order valence-electron chi connectivity index (χ3n) is 5.73. The molecule has 164 valence electrons. The molecular formula is C25H21F3N2O2. The lowest BCUT2D eigenvalue weighted by molar-refractivity contribution is -0.137. The van der Waals surface area contributed by atoms with Gasteiger partial charge in [-0.3, -0.25) is 9.59 Å². The molecule has 0 aromatic heterocycles. The zero-order valence-corrected chi connectivity index (χ0v) is 17.5. The Bertz CT molecular complexity index is 1190. The number of hydrogen-bond acceptors (Lipinski definition) is 2. The van der Waals surface area contributed by atoms with Gasteiger partial charge in [-0.25, -0.2) is 0 Å². The lowest BCUT2D eigenvalue weighted by atomic mass is 9.83. The van der Waals surface area contributed by atoms with Crippen LogP contribution in [0.4, 0.5) is 24.5 Å². The zero-order valence-electron chi connectivity index (χ0n) is 17.5. The van der Waals surface area contributed by atoms with Crippen molar-refractivity contribution in [3.8, 4) is 0 Å². The van der Waals surface area contributed by atoms with E-state index in [9.17, 15) is 22.8 Å². The number of hydrogen-bond donors (Lipinski definition) is 1. The average Bonchev–Trinajstić information content (AvgIpc) is 3.11. The van der Waals surface area contributed by atoms with Crippen LogP contribution >= 0.6 is 0 Å². The number of carbonyl (C=O) groups excluding carboxylic acids is 2. The van der Waals surface area contributed by atoms with Crippen LogP contribution in [0.1, 0.15) is 40.9 Å². The summed E-state index contributed by atoms with van der Waals surface area (Å²) in [5.41, 5.74) is 0.578. The number of rotatable bonds is 4. The predicted molar refractivity (Wildman–Crippen MR) is 116 cm³/mol. The van der Waals surface area contributed by atoms with E-state index in [1.807, 2.05) is 30.3 Å². The molecule has 7 heteroatoms. The third-order valence-corrected chi connectivity index (χ3v) is 5.73. The summed E-state index contributed by atoms with van der Waals surface area (Å²) in [6.07, 6.45) is -4.51. The molecule has 32 heavy (non-hydrogen) atoms. The normalized spacial score (nSPS) is 13.8. The van der Waals surface area contributed by atoms with Crippen molar-refractivity contribution in [3.63, 3.8) is 0 Å². The molecule has 0 bridgehead atoms. The molecule has 1 heterocycles. The summed E-state index contributed by atoms with van der Waals surface area (Å²) in [5.74, 6) is -0.741. The van der Waals surface area contributed by atoms with Crippen LogP contribution < -0.4 is 10.2 Å². The highest BCUT2D eigenvalue weighted by atomic mass is 19.4. The van der Waals surface area contributed by atoms with Gasteiger partial charge in [0.1, 0.15) is 0 Å². The highest BCUT2D eigenvalue weighted by Gasteiger charge is 2.36. The lowest BCUT2D eigenvalue weighted by Gasteiger charge is -2.24. The van der Waals surface area contributed by atoms with E-state index in [0.717, 1.165) is 17.7 Å². The topological polar surface area (TPSA) is 49.4 Å². The van der Waals surface area contributed by atoms with E-state index in [-0.39, 0.29) is 18.1 Å². The van der Waals surface area contributed by atoms with Gasteiger partial charge in [0.25, 0.3) is 5.91 Å². The second-order valence-electron chi connectivity index (χ2n) is 8.22. The van der Waals surface area contributed by atoms with Crippen molar-refractivity contribution >= 4 is 23.2 Å². The van der Waals surface area contributed by atoms with Gasteiger partial charge in [0.05, 0.1) is 28.8 Å². The van der Waals surface area contributed by atoms with Gasteiger partial charge < -0.3 is 10.2 Å². The second kappa shape index (κ2) is 7.82. The molecule has 4 nitrogen and oxygen atoms in total. The molecule has 0 radical (unpaired) electrons. The van der Waals surface area contributed by atoms with E-state index in [1.54, 1.807) is 32.0 Å². The van der Waals surface area contributed by atoms with Crippen LogP contribution in [0.3, 0.4) is 0 Å². The van der Waals surface area contributed by atoms with Crippen molar-refractivity contribution in [2.24, 2.45) is 0 Å². The molecule has 0 atom stereocenters. The first-order valence-corrected chi connectivity index (χ1v) is 10.1. The van der Waals surface area contributed by atoms with Crippen LogP contribution in [0.15, 0.2) is 72.8 Å². The van der Waals surface area contributed by atoms with Crippen LogP contribution in [-0.2, 0) is 22.9 Å². The van der Waals surface area contributed by atoms with Crippen molar-refractivity contribution in [2.45, 2.75) is 32.0 Å². The Morgan fingerprint density at radius 1 is 0.906 bits per heavy atom.